The Morgan fingerprint density at radius 1 is 1.00 bits per heavy atom. The lowest BCUT2D eigenvalue weighted by Gasteiger charge is -2.35. The molecule has 0 radical (unpaired) electrons. The minimum Gasteiger partial charge on any atom is -0.340 e. The second-order valence-corrected chi connectivity index (χ2v) is 6.39. The maximum absolute atomic E-state index is 12.0. The molecule has 0 aliphatic carbocycles. The summed E-state index contributed by atoms with van der Waals surface area (Å²) in [4.78, 5) is 16.5. The summed E-state index contributed by atoms with van der Waals surface area (Å²) in [5.41, 5.74) is 1.38. The van der Waals surface area contributed by atoms with Gasteiger partial charge in [-0.3, -0.25) is 9.69 Å². The Balaban J connectivity index is 1.66. The molecule has 22 heavy (non-hydrogen) atoms. The fourth-order valence-electron chi connectivity index (χ4n) is 3.16. The summed E-state index contributed by atoms with van der Waals surface area (Å²) in [5.74, 6) is 0.384. The van der Waals surface area contributed by atoms with E-state index in [9.17, 15) is 4.79 Å². The smallest absolute Gasteiger partial charge is 0.225 e. The molecule has 3 heteroatoms. The Labute approximate surface area is 132 Å². The minimum absolute atomic E-state index is 0.101. The lowest BCUT2D eigenvalue weighted by atomic mass is 10.0. The van der Waals surface area contributed by atoms with Gasteiger partial charge in [0.25, 0.3) is 0 Å². The highest BCUT2D eigenvalue weighted by Gasteiger charge is 2.22. The first kappa shape index (κ1) is 15.0. The second kappa shape index (κ2) is 6.49. The van der Waals surface area contributed by atoms with Crippen LogP contribution in [-0.4, -0.2) is 41.9 Å². The number of nitrogens with zero attached hydrogens (tertiary/aromatic N) is 2. The largest absolute Gasteiger partial charge is 0.340 e. The molecule has 0 N–H and O–H groups in total. The summed E-state index contributed by atoms with van der Waals surface area (Å²) in [5, 5.41) is 2.64. The maximum atomic E-state index is 12.0. The fourth-order valence-corrected chi connectivity index (χ4v) is 3.16. The molecule has 1 aliphatic heterocycles. The van der Waals surface area contributed by atoms with Crippen LogP contribution in [0.4, 0.5) is 0 Å². The van der Waals surface area contributed by atoms with Crippen LogP contribution in [0.1, 0.15) is 19.4 Å². The Morgan fingerprint density at radius 2 is 1.68 bits per heavy atom. The number of benzene rings is 2. The molecule has 0 saturated carbocycles. The first-order chi connectivity index (χ1) is 10.6. The third kappa shape index (κ3) is 3.14. The van der Waals surface area contributed by atoms with E-state index in [-0.39, 0.29) is 11.8 Å². The molecule has 0 atom stereocenters. The van der Waals surface area contributed by atoms with Gasteiger partial charge in [0.2, 0.25) is 5.91 Å². The van der Waals surface area contributed by atoms with E-state index in [1.54, 1.807) is 0 Å². The zero-order chi connectivity index (χ0) is 15.5. The molecule has 2 aromatic rings. The Hall–Kier alpha value is -1.87. The number of hydrogen-bond donors (Lipinski definition) is 0. The first-order valence-electron chi connectivity index (χ1n) is 8.13. The van der Waals surface area contributed by atoms with Crippen LogP contribution in [0.2, 0.25) is 0 Å². The average molecular weight is 296 g/mol. The molecule has 1 heterocycles. The van der Waals surface area contributed by atoms with Crippen LogP contribution in [-0.2, 0) is 11.3 Å². The molecule has 1 aliphatic rings. The number of hydrogen-bond acceptors (Lipinski definition) is 2. The van der Waals surface area contributed by atoms with Gasteiger partial charge in [-0.25, -0.2) is 0 Å². The standard InChI is InChI=1S/C19H24N2O/c1-15(2)19(22)21-12-10-20(11-13-21)14-17-8-5-7-16-6-3-4-9-18(16)17/h3-9,15H,10-14H2,1-2H3. The van der Waals surface area contributed by atoms with Crippen molar-refractivity contribution in [2.45, 2.75) is 20.4 Å². The van der Waals surface area contributed by atoms with Gasteiger partial charge < -0.3 is 4.90 Å². The fraction of sp³-hybridized carbons (Fsp3) is 0.421. The number of amides is 1. The SMILES string of the molecule is CC(C)C(=O)N1CCN(Cc2cccc3ccccc23)CC1. The van der Waals surface area contributed by atoms with Crippen molar-refractivity contribution in [3.8, 4) is 0 Å². The van der Waals surface area contributed by atoms with Gasteiger partial charge >= 0.3 is 0 Å². The third-order valence-corrected chi connectivity index (χ3v) is 4.45. The van der Waals surface area contributed by atoms with Crippen molar-refractivity contribution in [1.82, 2.24) is 9.80 Å². The van der Waals surface area contributed by atoms with E-state index in [2.05, 4.69) is 47.4 Å². The highest BCUT2D eigenvalue weighted by Crippen LogP contribution is 2.20. The molecular weight excluding hydrogens is 272 g/mol. The van der Waals surface area contributed by atoms with Crippen LogP contribution in [0.15, 0.2) is 42.5 Å². The van der Waals surface area contributed by atoms with Gasteiger partial charge in [-0.15, -0.1) is 0 Å². The summed E-state index contributed by atoms with van der Waals surface area (Å²) in [6.07, 6.45) is 0. The number of fused-ring (bicyclic) bond motifs is 1. The minimum atomic E-state index is 0.101. The lowest BCUT2D eigenvalue weighted by molar-refractivity contribution is -0.136. The Morgan fingerprint density at radius 3 is 2.41 bits per heavy atom. The normalized spacial score (nSPS) is 16.4. The molecule has 2 aromatic carbocycles. The van der Waals surface area contributed by atoms with Crippen molar-refractivity contribution in [1.29, 1.82) is 0 Å². The number of carbonyl (C=O) groups excluding carboxylic acids is 1. The third-order valence-electron chi connectivity index (χ3n) is 4.45. The molecule has 3 nitrogen and oxygen atoms in total. The highest BCUT2D eigenvalue weighted by molar-refractivity contribution is 5.85. The van der Waals surface area contributed by atoms with Gasteiger partial charge in [-0.1, -0.05) is 56.3 Å². The average Bonchev–Trinajstić information content (AvgIpc) is 2.55. The van der Waals surface area contributed by atoms with Gasteiger partial charge in [-0.05, 0) is 16.3 Å². The van der Waals surface area contributed by atoms with Crippen molar-refractivity contribution >= 4 is 16.7 Å². The number of piperazine rings is 1. The van der Waals surface area contributed by atoms with Crippen LogP contribution < -0.4 is 0 Å². The Bertz CT molecular complexity index is 652. The monoisotopic (exact) mass is 296 g/mol. The van der Waals surface area contributed by atoms with E-state index in [0.717, 1.165) is 32.7 Å². The molecule has 0 spiro atoms. The van der Waals surface area contributed by atoms with Crippen LogP contribution in [0.25, 0.3) is 10.8 Å². The van der Waals surface area contributed by atoms with E-state index >= 15 is 0 Å². The Kier molecular flexibility index (Phi) is 4.44. The number of rotatable bonds is 3. The van der Waals surface area contributed by atoms with Crippen LogP contribution in [0.5, 0.6) is 0 Å². The maximum Gasteiger partial charge on any atom is 0.225 e. The van der Waals surface area contributed by atoms with Crippen molar-refractivity contribution in [2.24, 2.45) is 5.92 Å². The van der Waals surface area contributed by atoms with E-state index in [1.807, 2.05) is 18.7 Å². The van der Waals surface area contributed by atoms with Gasteiger partial charge in [0.1, 0.15) is 0 Å². The molecule has 0 unspecified atom stereocenters. The van der Waals surface area contributed by atoms with Crippen LogP contribution in [0.3, 0.4) is 0 Å². The molecule has 0 aromatic heterocycles. The summed E-state index contributed by atoms with van der Waals surface area (Å²) in [6, 6.07) is 15.1. The lowest BCUT2D eigenvalue weighted by Crippen LogP contribution is -2.49. The van der Waals surface area contributed by atoms with Gasteiger partial charge in [0.15, 0.2) is 0 Å². The first-order valence-corrected chi connectivity index (χ1v) is 8.13. The van der Waals surface area contributed by atoms with Crippen molar-refractivity contribution in [3.63, 3.8) is 0 Å². The number of carbonyl (C=O) groups is 1. The van der Waals surface area contributed by atoms with E-state index in [1.165, 1.54) is 16.3 Å². The topological polar surface area (TPSA) is 23.6 Å². The molecule has 1 saturated heterocycles. The van der Waals surface area contributed by atoms with Crippen molar-refractivity contribution in [2.75, 3.05) is 26.2 Å². The summed E-state index contributed by atoms with van der Waals surface area (Å²) >= 11 is 0. The predicted octanol–water partition coefficient (Wildman–Crippen LogP) is 3.14. The van der Waals surface area contributed by atoms with Crippen molar-refractivity contribution in [3.05, 3.63) is 48.0 Å². The zero-order valence-corrected chi connectivity index (χ0v) is 13.5. The van der Waals surface area contributed by atoms with Gasteiger partial charge in [0, 0.05) is 38.6 Å². The zero-order valence-electron chi connectivity index (χ0n) is 13.5. The van der Waals surface area contributed by atoms with Gasteiger partial charge in [0.05, 0.1) is 0 Å². The quantitative estimate of drug-likeness (QED) is 0.869. The predicted molar refractivity (Wildman–Crippen MR) is 90.6 cm³/mol. The second-order valence-electron chi connectivity index (χ2n) is 6.39. The summed E-state index contributed by atoms with van der Waals surface area (Å²) in [6.45, 7) is 8.54. The summed E-state index contributed by atoms with van der Waals surface area (Å²) < 4.78 is 0. The molecule has 1 fully saturated rings. The van der Waals surface area contributed by atoms with Crippen molar-refractivity contribution < 1.29 is 4.79 Å². The van der Waals surface area contributed by atoms with E-state index in [0.29, 0.717) is 0 Å². The van der Waals surface area contributed by atoms with Gasteiger partial charge in [-0.2, -0.15) is 0 Å². The highest BCUT2D eigenvalue weighted by atomic mass is 16.2. The summed E-state index contributed by atoms with van der Waals surface area (Å²) in [7, 11) is 0. The molecular formula is C19H24N2O. The van der Waals surface area contributed by atoms with Crippen LogP contribution >= 0.6 is 0 Å². The van der Waals surface area contributed by atoms with Crippen LogP contribution in [0, 0.1) is 5.92 Å². The molecule has 0 bridgehead atoms. The van der Waals surface area contributed by atoms with E-state index < -0.39 is 0 Å². The molecule has 1 amide bonds. The van der Waals surface area contributed by atoms with E-state index in [4.69, 9.17) is 0 Å². The molecule has 3 rings (SSSR count). The molecule has 116 valence electrons.